The van der Waals surface area contributed by atoms with Gasteiger partial charge in [0.1, 0.15) is 0 Å². The molecule has 1 aliphatic carbocycles. The third-order valence-electron chi connectivity index (χ3n) is 4.83. The van der Waals surface area contributed by atoms with Crippen molar-refractivity contribution in [2.75, 3.05) is 5.32 Å². The number of hydrogen-bond donors (Lipinski definition) is 1. The van der Waals surface area contributed by atoms with Crippen LogP contribution in [0.1, 0.15) is 39.9 Å². The molecule has 2 aliphatic rings. The topological polar surface area (TPSA) is 52.2 Å². The van der Waals surface area contributed by atoms with Crippen molar-refractivity contribution in [2.24, 2.45) is 5.92 Å². The first kappa shape index (κ1) is 14.8. The Morgan fingerprint density at radius 2 is 1.96 bits per heavy atom. The van der Waals surface area contributed by atoms with E-state index in [0.717, 1.165) is 12.0 Å². The van der Waals surface area contributed by atoms with Crippen LogP contribution in [-0.4, -0.2) is 5.97 Å². The second-order valence-corrected chi connectivity index (χ2v) is 7.36. The van der Waals surface area contributed by atoms with Crippen molar-refractivity contribution in [2.45, 2.75) is 18.4 Å². The summed E-state index contributed by atoms with van der Waals surface area (Å²) >= 11 is 2.35. The number of allylic oxidation sites excluding steroid dienone is 2. The van der Waals surface area contributed by atoms with Gasteiger partial charge in [0.15, 0.2) is 0 Å². The van der Waals surface area contributed by atoms with Gasteiger partial charge in [0.2, 0.25) is 0 Å². The van der Waals surface area contributed by atoms with E-state index in [2.05, 4.69) is 58.3 Å². The van der Waals surface area contributed by atoms with Crippen molar-refractivity contribution >= 4 is 34.2 Å². The normalized spacial score (nSPS) is 24.7. The van der Waals surface area contributed by atoms with Gasteiger partial charge in [-0.15, -0.1) is 0 Å². The lowest BCUT2D eigenvalue weighted by atomic mass is 9.77. The van der Waals surface area contributed by atoms with Crippen molar-refractivity contribution < 1.29 is 9.90 Å². The van der Waals surface area contributed by atoms with E-state index in [1.54, 1.807) is 12.1 Å². The Morgan fingerprint density at radius 1 is 1.17 bits per heavy atom. The third-order valence-corrected chi connectivity index (χ3v) is 5.50. The maximum absolute atomic E-state index is 10.9. The zero-order valence-electron chi connectivity index (χ0n) is 12.3. The fourth-order valence-electron chi connectivity index (χ4n) is 3.72. The van der Waals surface area contributed by atoms with Gasteiger partial charge in [0, 0.05) is 15.2 Å². The standard InChI is InChI=1S/C19H16INO2/c20-13-8-9-17-16(10-13)14-2-1-3-15(14)18(21-17)11-4-6-12(7-5-11)19(22)23/h1-2,4-10,14-15,18,21H,3H2,(H,22,23)/p-1/t14-,15+,18+/m1/s1. The van der Waals surface area contributed by atoms with E-state index >= 15 is 0 Å². The van der Waals surface area contributed by atoms with Gasteiger partial charge in [-0.05, 0) is 69.8 Å². The molecule has 1 aliphatic heterocycles. The summed E-state index contributed by atoms with van der Waals surface area (Å²) < 4.78 is 1.25. The molecule has 0 unspecified atom stereocenters. The summed E-state index contributed by atoms with van der Waals surface area (Å²) in [5.74, 6) is -0.241. The zero-order chi connectivity index (χ0) is 16.0. The highest BCUT2D eigenvalue weighted by atomic mass is 127. The van der Waals surface area contributed by atoms with Gasteiger partial charge in [-0.2, -0.15) is 0 Å². The minimum atomic E-state index is -1.13. The van der Waals surface area contributed by atoms with Crippen molar-refractivity contribution in [1.82, 2.24) is 0 Å². The van der Waals surface area contributed by atoms with Gasteiger partial charge < -0.3 is 15.2 Å². The van der Waals surface area contributed by atoms with Gasteiger partial charge in [-0.3, -0.25) is 0 Å². The number of carbonyl (C=O) groups is 1. The lowest BCUT2D eigenvalue weighted by Gasteiger charge is -2.37. The molecule has 0 radical (unpaired) electrons. The van der Waals surface area contributed by atoms with Gasteiger partial charge in [0.25, 0.3) is 0 Å². The second kappa shape index (κ2) is 5.67. The van der Waals surface area contributed by atoms with E-state index in [4.69, 9.17) is 0 Å². The fraction of sp³-hybridized carbons (Fsp3) is 0.211. The number of benzene rings is 2. The first-order valence-corrected chi connectivity index (χ1v) is 8.75. The molecule has 0 aromatic heterocycles. The van der Waals surface area contributed by atoms with E-state index in [1.807, 2.05) is 12.1 Å². The molecule has 1 heterocycles. The van der Waals surface area contributed by atoms with Gasteiger partial charge in [-0.1, -0.05) is 36.4 Å². The Hall–Kier alpha value is -1.82. The molecule has 3 atom stereocenters. The molecule has 0 spiro atoms. The average molecular weight is 416 g/mol. The maximum atomic E-state index is 10.9. The van der Waals surface area contributed by atoms with Crippen LogP contribution < -0.4 is 10.4 Å². The van der Waals surface area contributed by atoms with Crippen LogP contribution in [0.4, 0.5) is 5.69 Å². The molecule has 23 heavy (non-hydrogen) atoms. The molecule has 116 valence electrons. The quantitative estimate of drug-likeness (QED) is 0.603. The Kier molecular flexibility index (Phi) is 3.64. The van der Waals surface area contributed by atoms with Crippen LogP contribution in [0.25, 0.3) is 0 Å². The van der Waals surface area contributed by atoms with E-state index in [1.165, 1.54) is 14.8 Å². The molecule has 0 amide bonds. The average Bonchev–Trinajstić information content (AvgIpc) is 3.04. The molecular weight excluding hydrogens is 401 g/mol. The van der Waals surface area contributed by atoms with E-state index in [-0.39, 0.29) is 11.6 Å². The minimum absolute atomic E-state index is 0.193. The monoisotopic (exact) mass is 416 g/mol. The fourth-order valence-corrected chi connectivity index (χ4v) is 4.24. The molecule has 4 heteroatoms. The number of carboxylic acids is 1. The molecule has 1 N–H and O–H groups in total. The third kappa shape index (κ3) is 2.55. The molecule has 0 fully saturated rings. The van der Waals surface area contributed by atoms with Gasteiger partial charge >= 0.3 is 0 Å². The smallest absolute Gasteiger partial charge is 0.0715 e. The number of hydrogen-bond acceptors (Lipinski definition) is 3. The van der Waals surface area contributed by atoms with Gasteiger partial charge in [0.05, 0.1) is 12.0 Å². The number of nitrogens with one attached hydrogen (secondary N) is 1. The number of aromatic carboxylic acids is 1. The van der Waals surface area contributed by atoms with E-state index in [9.17, 15) is 9.90 Å². The summed E-state index contributed by atoms with van der Waals surface area (Å²) in [6, 6.07) is 13.8. The molecule has 3 nitrogen and oxygen atoms in total. The highest BCUT2D eigenvalue weighted by molar-refractivity contribution is 14.1. The summed E-state index contributed by atoms with van der Waals surface area (Å²) in [6.07, 6.45) is 5.60. The Labute approximate surface area is 148 Å². The van der Waals surface area contributed by atoms with Crippen LogP contribution in [0.2, 0.25) is 0 Å². The van der Waals surface area contributed by atoms with Crippen LogP contribution >= 0.6 is 22.6 Å². The Bertz CT molecular complexity index is 798. The first-order valence-electron chi connectivity index (χ1n) is 7.67. The zero-order valence-corrected chi connectivity index (χ0v) is 14.5. The predicted molar refractivity (Wildman–Crippen MR) is 96.3 cm³/mol. The van der Waals surface area contributed by atoms with Crippen molar-refractivity contribution in [3.8, 4) is 0 Å². The molecule has 2 aromatic carbocycles. The van der Waals surface area contributed by atoms with Gasteiger partial charge in [-0.25, -0.2) is 0 Å². The summed E-state index contributed by atoms with van der Waals surface area (Å²) in [4.78, 5) is 10.9. The van der Waals surface area contributed by atoms with Crippen LogP contribution in [0.15, 0.2) is 54.6 Å². The number of halogens is 1. The minimum Gasteiger partial charge on any atom is -0.545 e. The van der Waals surface area contributed by atoms with Crippen LogP contribution in [0.3, 0.4) is 0 Å². The molecule has 4 rings (SSSR count). The summed E-state index contributed by atoms with van der Waals surface area (Å²) in [5.41, 5.74) is 3.88. The van der Waals surface area contributed by atoms with E-state index in [0.29, 0.717) is 11.8 Å². The lowest BCUT2D eigenvalue weighted by molar-refractivity contribution is -0.255. The SMILES string of the molecule is O=C([O-])c1ccc([C@@H]2Nc3ccc(I)cc3[C@@H]3C=CC[C@@H]32)cc1. The van der Waals surface area contributed by atoms with Crippen molar-refractivity contribution in [1.29, 1.82) is 0 Å². The summed E-state index contributed by atoms with van der Waals surface area (Å²) in [6.45, 7) is 0. The van der Waals surface area contributed by atoms with Crippen molar-refractivity contribution in [3.05, 3.63) is 74.9 Å². The van der Waals surface area contributed by atoms with E-state index < -0.39 is 5.97 Å². The molecule has 2 aromatic rings. The predicted octanol–water partition coefficient (Wildman–Crippen LogP) is 3.48. The lowest BCUT2D eigenvalue weighted by Crippen LogP contribution is -2.29. The number of anilines is 1. The first-order chi connectivity index (χ1) is 11.1. The Morgan fingerprint density at radius 3 is 2.70 bits per heavy atom. The summed E-state index contributed by atoms with van der Waals surface area (Å²) in [5, 5.41) is 14.6. The van der Waals surface area contributed by atoms with Crippen LogP contribution in [0.5, 0.6) is 0 Å². The highest BCUT2D eigenvalue weighted by Gasteiger charge is 2.37. The molecular formula is C19H15INO2-. The number of carboxylic acid groups (broad SMARTS) is 1. The Balaban J connectivity index is 1.73. The number of fused-ring (bicyclic) bond motifs is 3. The van der Waals surface area contributed by atoms with Crippen LogP contribution in [0, 0.1) is 9.49 Å². The maximum Gasteiger partial charge on any atom is 0.0715 e. The van der Waals surface area contributed by atoms with Crippen LogP contribution in [-0.2, 0) is 0 Å². The van der Waals surface area contributed by atoms with Crippen molar-refractivity contribution in [3.63, 3.8) is 0 Å². The highest BCUT2D eigenvalue weighted by Crippen LogP contribution is 2.49. The second-order valence-electron chi connectivity index (χ2n) is 6.12. The summed E-state index contributed by atoms with van der Waals surface area (Å²) in [7, 11) is 0. The molecule has 0 bridgehead atoms. The molecule has 0 saturated heterocycles. The number of carbonyl (C=O) groups excluding carboxylic acids is 1. The number of rotatable bonds is 2. The largest absolute Gasteiger partial charge is 0.545 e. The molecule has 0 saturated carbocycles.